The van der Waals surface area contributed by atoms with Crippen LogP contribution in [0.4, 0.5) is 0 Å². The van der Waals surface area contributed by atoms with Gasteiger partial charge in [0.05, 0.1) is 22.8 Å². The summed E-state index contributed by atoms with van der Waals surface area (Å²) < 4.78 is 8.77. The minimum absolute atomic E-state index is 0.178. The van der Waals surface area contributed by atoms with Gasteiger partial charge >= 0.3 is 0 Å². The van der Waals surface area contributed by atoms with Crippen LogP contribution in [0.2, 0.25) is 0 Å². The minimum Gasteiger partial charge on any atom is -0.507 e. The van der Waals surface area contributed by atoms with E-state index in [0.717, 1.165) is 78.0 Å². The number of aromatic nitrogens is 3. The molecule has 48 heavy (non-hydrogen) atoms. The molecule has 0 fully saturated rings. The molecule has 0 spiro atoms. The molecule has 1 N–H and O–H groups in total. The molecule has 4 heterocycles. The third-order valence-electron chi connectivity index (χ3n) is 9.07. The molecule has 5 nitrogen and oxygen atoms in total. The van der Waals surface area contributed by atoms with Gasteiger partial charge in [-0.3, -0.25) is 4.40 Å². The molecule has 0 radical (unpaired) electrons. The zero-order valence-corrected chi connectivity index (χ0v) is 26.1. The summed E-state index contributed by atoms with van der Waals surface area (Å²) in [5.74, 6) is 0.178. The van der Waals surface area contributed by atoms with Crippen molar-refractivity contribution >= 4 is 27.6 Å². The van der Waals surface area contributed by atoms with Crippen molar-refractivity contribution in [3.8, 4) is 61.9 Å². The van der Waals surface area contributed by atoms with Crippen LogP contribution in [0.5, 0.6) is 5.75 Å². The zero-order chi connectivity index (χ0) is 32.2. The van der Waals surface area contributed by atoms with Gasteiger partial charge in [0.25, 0.3) is 0 Å². The smallest absolute Gasteiger partial charge is 0.144 e. The Morgan fingerprint density at radius 1 is 0.562 bits per heavy atom. The Bertz CT molecular complexity index is 2590. The van der Waals surface area contributed by atoms with Crippen molar-refractivity contribution < 1.29 is 9.52 Å². The molecule has 0 amide bonds. The molecule has 9 rings (SSSR count). The molecule has 0 aliphatic heterocycles. The fourth-order valence-corrected chi connectivity index (χ4v) is 6.77. The number of fused-ring (bicyclic) bond motifs is 4. The molecule has 5 heteroatoms. The number of imidazole rings is 1. The van der Waals surface area contributed by atoms with E-state index in [4.69, 9.17) is 14.4 Å². The highest BCUT2D eigenvalue weighted by atomic mass is 16.3. The second kappa shape index (κ2) is 11.1. The SMILES string of the molecule is Cc1ccccc1-c1cc(-c2ccccc2O)nc(-c2cc(-c3nc4ccccn4c3-c3ccccc3)cc3c2oc2ccccc23)c1. The Labute approximate surface area is 277 Å². The van der Waals surface area contributed by atoms with Crippen molar-refractivity contribution in [1.29, 1.82) is 0 Å². The first kappa shape index (κ1) is 27.8. The number of phenolic OH excluding ortho intramolecular Hbond substituents is 1. The quantitative estimate of drug-likeness (QED) is 0.208. The minimum atomic E-state index is 0.178. The molecule has 0 atom stereocenters. The summed E-state index contributed by atoms with van der Waals surface area (Å²) in [5.41, 5.74) is 12.5. The molecule has 228 valence electrons. The van der Waals surface area contributed by atoms with Crippen LogP contribution >= 0.6 is 0 Å². The average Bonchev–Trinajstić information content (AvgIpc) is 3.71. The maximum absolute atomic E-state index is 10.9. The number of aryl methyl sites for hydroxylation is 1. The number of hydrogen-bond acceptors (Lipinski definition) is 4. The third-order valence-corrected chi connectivity index (χ3v) is 9.07. The van der Waals surface area contributed by atoms with E-state index >= 15 is 0 Å². The molecule has 0 aliphatic carbocycles. The predicted octanol–water partition coefficient (Wildman–Crippen LogP) is 11.0. The number of furan rings is 1. The van der Waals surface area contributed by atoms with Crippen LogP contribution in [-0.2, 0) is 0 Å². The highest BCUT2D eigenvalue weighted by molar-refractivity contribution is 6.11. The van der Waals surface area contributed by atoms with E-state index < -0.39 is 0 Å². The number of benzene rings is 5. The summed E-state index contributed by atoms with van der Waals surface area (Å²) in [4.78, 5) is 10.4. The lowest BCUT2D eigenvalue weighted by Gasteiger charge is -2.14. The van der Waals surface area contributed by atoms with Crippen LogP contribution in [0.15, 0.2) is 156 Å². The molecule has 0 saturated carbocycles. The fourth-order valence-electron chi connectivity index (χ4n) is 6.77. The normalized spacial score (nSPS) is 11.5. The highest BCUT2D eigenvalue weighted by Gasteiger charge is 2.22. The molecular weight excluding hydrogens is 590 g/mol. The Morgan fingerprint density at radius 2 is 1.27 bits per heavy atom. The Balaban J connectivity index is 1.38. The van der Waals surface area contributed by atoms with Gasteiger partial charge in [0.1, 0.15) is 22.6 Å². The van der Waals surface area contributed by atoms with E-state index in [0.29, 0.717) is 11.3 Å². The topological polar surface area (TPSA) is 63.6 Å². The maximum atomic E-state index is 10.9. The third kappa shape index (κ3) is 4.56. The summed E-state index contributed by atoms with van der Waals surface area (Å²) >= 11 is 0. The number of pyridine rings is 2. The number of phenols is 1. The van der Waals surface area contributed by atoms with Crippen molar-refractivity contribution in [3.05, 3.63) is 157 Å². The van der Waals surface area contributed by atoms with Gasteiger partial charge in [-0.15, -0.1) is 0 Å². The monoisotopic (exact) mass is 619 g/mol. The van der Waals surface area contributed by atoms with Gasteiger partial charge in [-0.2, -0.15) is 0 Å². The van der Waals surface area contributed by atoms with Gasteiger partial charge < -0.3 is 9.52 Å². The molecule has 0 saturated heterocycles. The molecule has 0 bridgehead atoms. The lowest BCUT2D eigenvalue weighted by atomic mass is 9.94. The molecule has 5 aromatic carbocycles. The first-order valence-corrected chi connectivity index (χ1v) is 16.0. The first-order chi connectivity index (χ1) is 23.6. The number of rotatable bonds is 5. The van der Waals surface area contributed by atoms with Crippen molar-refractivity contribution in [2.45, 2.75) is 6.92 Å². The summed E-state index contributed by atoms with van der Waals surface area (Å²) in [7, 11) is 0. The van der Waals surface area contributed by atoms with Gasteiger partial charge in [0.15, 0.2) is 0 Å². The van der Waals surface area contributed by atoms with E-state index in [-0.39, 0.29) is 5.75 Å². The Kier molecular flexibility index (Phi) is 6.44. The van der Waals surface area contributed by atoms with Gasteiger partial charge in [-0.1, -0.05) is 91.0 Å². The summed E-state index contributed by atoms with van der Waals surface area (Å²) in [6.07, 6.45) is 2.06. The van der Waals surface area contributed by atoms with E-state index in [1.165, 1.54) is 0 Å². The molecule has 9 aromatic rings. The van der Waals surface area contributed by atoms with Crippen molar-refractivity contribution in [2.75, 3.05) is 0 Å². The van der Waals surface area contributed by atoms with Gasteiger partial charge in [0, 0.05) is 39.2 Å². The highest BCUT2D eigenvalue weighted by Crippen LogP contribution is 2.43. The maximum Gasteiger partial charge on any atom is 0.144 e. The van der Waals surface area contributed by atoms with Gasteiger partial charge in [-0.05, 0) is 78.2 Å². The number of nitrogens with zero attached hydrogens (tertiary/aromatic N) is 3. The Hall–Kier alpha value is -6.46. The number of hydrogen-bond donors (Lipinski definition) is 1. The Morgan fingerprint density at radius 3 is 2.10 bits per heavy atom. The van der Waals surface area contributed by atoms with Crippen LogP contribution < -0.4 is 0 Å². The van der Waals surface area contributed by atoms with Crippen LogP contribution in [0.1, 0.15) is 5.56 Å². The lowest BCUT2D eigenvalue weighted by molar-refractivity contribution is 0.477. The summed E-state index contributed by atoms with van der Waals surface area (Å²) in [6.45, 7) is 2.11. The van der Waals surface area contributed by atoms with E-state index in [1.807, 2.05) is 66.7 Å². The lowest BCUT2D eigenvalue weighted by Crippen LogP contribution is -1.94. The summed E-state index contributed by atoms with van der Waals surface area (Å²) in [6, 6.07) is 48.8. The standard InChI is InChI=1S/C43H29N3O2/c1-27-13-5-6-16-31(27)29-25-36(33-18-7-9-19-38(33)47)44-37(26-29)35-24-30(23-34-32-17-8-10-20-39(32)48-43(34)35)41-42(28-14-3-2-4-15-28)46-22-12-11-21-40(46)45-41/h2-26,47H,1H3. The molecule has 4 aromatic heterocycles. The second-order valence-electron chi connectivity index (χ2n) is 12.1. The summed E-state index contributed by atoms with van der Waals surface area (Å²) in [5, 5.41) is 13.0. The van der Waals surface area contributed by atoms with E-state index in [9.17, 15) is 5.11 Å². The van der Waals surface area contributed by atoms with Crippen molar-refractivity contribution in [3.63, 3.8) is 0 Å². The van der Waals surface area contributed by atoms with Crippen LogP contribution in [-0.4, -0.2) is 19.5 Å². The first-order valence-electron chi connectivity index (χ1n) is 16.0. The molecule has 0 unspecified atom stereocenters. The van der Waals surface area contributed by atoms with Crippen molar-refractivity contribution in [1.82, 2.24) is 14.4 Å². The number of para-hydroxylation sites is 2. The van der Waals surface area contributed by atoms with Crippen LogP contribution in [0.25, 0.3) is 83.7 Å². The van der Waals surface area contributed by atoms with Gasteiger partial charge in [-0.25, -0.2) is 9.97 Å². The fraction of sp³-hybridized carbons (Fsp3) is 0.0233. The van der Waals surface area contributed by atoms with Crippen LogP contribution in [0, 0.1) is 6.92 Å². The number of aromatic hydroxyl groups is 1. The zero-order valence-electron chi connectivity index (χ0n) is 26.1. The van der Waals surface area contributed by atoms with E-state index in [2.05, 4.69) is 90.3 Å². The van der Waals surface area contributed by atoms with Crippen LogP contribution in [0.3, 0.4) is 0 Å². The average molecular weight is 620 g/mol. The predicted molar refractivity (Wildman–Crippen MR) is 194 cm³/mol. The van der Waals surface area contributed by atoms with Crippen molar-refractivity contribution in [2.24, 2.45) is 0 Å². The largest absolute Gasteiger partial charge is 0.507 e. The molecular formula is C43H29N3O2. The second-order valence-corrected chi connectivity index (χ2v) is 12.1. The van der Waals surface area contributed by atoms with Gasteiger partial charge in [0.2, 0.25) is 0 Å². The van der Waals surface area contributed by atoms with E-state index in [1.54, 1.807) is 6.07 Å². The molecule has 0 aliphatic rings.